The van der Waals surface area contributed by atoms with Crippen LogP contribution in [0.2, 0.25) is 0 Å². The van der Waals surface area contributed by atoms with Crippen molar-refractivity contribution >= 4 is 23.6 Å². The van der Waals surface area contributed by atoms with E-state index in [2.05, 4.69) is 5.32 Å². The van der Waals surface area contributed by atoms with E-state index in [1.807, 2.05) is 133 Å². The first-order chi connectivity index (χ1) is 26.8. The number of ether oxygens (including phenoxy) is 3. The molecular weight excluding hydrogens is 713 g/mol. The van der Waals surface area contributed by atoms with E-state index in [1.54, 1.807) is 6.92 Å². The largest absolute Gasteiger partial charge is 0.453 e. The van der Waals surface area contributed by atoms with E-state index in [4.69, 9.17) is 23.6 Å². The maximum absolute atomic E-state index is 12.4. The average molecular weight is 755 g/mol. The van der Waals surface area contributed by atoms with E-state index in [1.165, 1.54) is 18.7 Å². The van der Waals surface area contributed by atoms with Crippen molar-refractivity contribution in [3.63, 3.8) is 0 Å². The van der Waals surface area contributed by atoms with Crippen LogP contribution in [-0.2, 0) is 37.0 Å². The Labute approximate surface area is 324 Å². The molecule has 5 aromatic carbocycles. The van der Waals surface area contributed by atoms with E-state index in [-0.39, 0.29) is 24.7 Å². The van der Waals surface area contributed by atoms with Gasteiger partial charge in [0, 0.05) is 42.3 Å². The molecule has 1 amide bonds. The van der Waals surface area contributed by atoms with Crippen molar-refractivity contribution in [3.05, 3.63) is 156 Å². The Morgan fingerprint density at radius 3 is 2.16 bits per heavy atom. The van der Waals surface area contributed by atoms with E-state index >= 15 is 0 Å². The minimum atomic E-state index is -0.864. The number of carbonyl (C=O) groups excluding carboxylic acids is 2. The van der Waals surface area contributed by atoms with Gasteiger partial charge in [-0.05, 0) is 40.8 Å². The minimum Gasteiger partial charge on any atom is -0.453 e. The molecule has 0 aliphatic carbocycles. The van der Waals surface area contributed by atoms with Crippen LogP contribution in [0.1, 0.15) is 54.9 Å². The Kier molecular flexibility index (Phi) is 12.2. The molecule has 0 bridgehead atoms. The molecule has 0 radical (unpaired) electrons. The molecule has 9 nitrogen and oxygen atoms in total. The third-order valence-electron chi connectivity index (χ3n) is 9.32. The summed E-state index contributed by atoms with van der Waals surface area (Å²) in [5.74, 6) is 0.465. The lowest BCUT2D eigenvalue weighted by Crippen LogP contribution is -2.35. The summed E-state index contributed by atoms with van der Waals surface area (Å²) in [6.45, 7) is 3.10. The highest BCUT2D eigenvalue weighted by molar-refractivity contribution is 7.99. The van der Waals surface area contributed by atoms with Crippen molar-refractivity contribution in [1.82, 2.24) is 10.3 Å². The molecule has 0 spiro atoms. The van der Waals surface area contributed by atoms with Gasteiger partial charge in [-0.15, -0.1) is 0 Å². The number of nitrogens with zero attached hydrogens (tertiary/aromatic N) is 1. The Balaban J connectivity index is 1.08. The van der Waals surface area contributed by atoms with Crippen molar-refractivity contribution in [1.29, 1.82) is 0 Å². The van der Waals surface area contributed by atoms with Crippen LogP contribution in [0.4, 0.5) is 0 Å². The number of nitrogens with one attached hydrogen (secondary N) is 1. The fourth-order valence-corrected chi connectivity index (χ4v) is 7.30. The molecule has 6 aromatic rings. The molecule has 1 aliphatic heterocycles. The molecule has 2 N–H and O–H groups in total. The number of thioether (sulfide) groups is 1. The Hall–Kier alpha value is -5.52. The lowest BCUT2D eigenvalue weighted by Gasteiger charge is -2.36. The molecular formula is C45H42N2O7S. The highest BCUT2D eigenvalue weighted by Crippen LogP contribution is 2.41. The van der Waals surface area contributed by atoms with Crippen LogP contribution in [0.15, 0.2) is 143 Å². The molecule has 0 saturated carbocycles. The number of aromatic nitrogens is 1. The van der Waals surface area contributed by atoms with Gasteiger partial charge in [-0.25, -0.2) is 4.98 Å². The van der Waals surface area contributed by atoms with E-state index in [0.29, 0.717) is 23.9 Å². The zero-order valence-corrected chi connectivity index (χ0v) is 31.4. The number of aliphatic hydroxyl groups is 1. The van der Waals surface area contributed by atoms with Gasteiger partial charge in [0.25, 0.3) is 11.1 Å². The fraction of sp³-hybridized carbons (Fsp3) is 0.222. The van der Waals surface area contributed by atoms with Crippen LogP contribution in [-0.4, -0.2) is 39.9 Å². The Morgan fingerprint density at radius 2 is 1.47 bits per heavy atom. The molecule has 4 atom stereocenters. The van der Waals surface area contributed by atoms with Crippen molar-refractivity contribution in [3.8, 4) is 33.7 Å². The summed E-state index contributed by atoms with van der Waals surface area (Å²) in [7, 11) is 0. The number of rotatable bonds is 13. The summed E-state index contributed by atoms with van der Waals surface area (Å²) < 4.78 is 24.6. The molecule has 2 heterocycles. The first-order valence-corrected chi connectivity index (χ1v) is 19.2. The fourth-order valence-electron chi connectivity index (χ4n) is 6.46. The number of hydrogen-bond donors (Lipinski definition) is 2. The first kappa shape index (κ1) is 37.8. The Bertz CT molecular complexity index is 2130. The number of oxazole rings is 1. The summed E-state index contributed by atoms with van der Waals surface area (Å²) in [6.07, 6.45) is -1.29. The summed E-state index contributed by atoms with van der Waals surface area (Å²) >= 11 is 1.52. The van der Waals surface area contributed by atoms with Gasteiger partial charge in [-0.1, -0.05) is 139 Å². The van der Waals surface area contributed by atoms with Crippen LogP contribution >= 0.6 is 11.8 Å². The lowest BCUT2D eigenvalue weighted by molar-refractivity contribution is -0.245. The molecule has 55 heavy (non-hydrogen) atoms. The maximum Gasteiger partial charge on any atom is 0.303 e. The van der Waals surface area contributed by atoms with Crippen molar-refractivity contribution in [2.24, 2.45) is 0 Å². The zero-order valence-electron chi connectivity index (χ0n) is 30.6. The predicted molar refractivity (Wildman–Crippen MR) is 211 cm³/mol. The number of amides is 1. The summed E-state index contributed by atoms with van der Waals surface area (Å²) in [5, 5.41) is 13.0. The standard InChI is InChI=1S/C45H42N2O7S/c1-29(51-30(2)49)43(50)46-26-32-10-9-15-38(24-32)33-20-22-37(23-21-33)44-52-39(25-40(53-44)34-18-16-31(27-48)17-19-34)28-55-45-47-41(35-11-5-3-6-12-35)42(54-45)36-13-7-4-8-14-36/h3-24,29,39-40,44,48H,25-28H2,1-2H3,(H,46,50)/t29-,39-,40+,44+/m0/s1. The lowest BCUT2D eigenvalue weighted by atomic mass is 9.99. The molecule has 1 saturated heterocycles. The SMILES string of the molecule is CC(=O)O[C@@H](C)C(=O)NCc1cccc(-c2ccc([C@@H]3O[C@H](CSc4nc(-c5ccccc5)c(-c5ccccc5)o4)C[C@H](c4ccc(CO)cc4)O3)cc2)c1. The van der Waals surface area contributed by atoms with Gasteiger partial charge in [-0.3, -0.25) is 9.59 Å². The second-order valence-electron chi connectivity index (χ2n) is 13.3. The highest BCUT2D eigenvalue weighted by Gasteiger charge is 2.33. The number of benzene rings is 5. The second kappa shape index (κ2) is 17.7. The smallest absolute Gasteiger partial charge is 0.303 e. The summed E-state index contributed by atoms with van der Waals surface area (Å²) in [6, 6.07) is 44.0. The van der Waals surface area contributed by atoms with Crippen LogP contribution in [0.5, 0.6) is 0 Å². The molecule has 10 heteroatoms. The average Bonchev–Trinajstić information content (AvgIpc) is 3.67. The van der Waals surface area contributed by atoms with Crippen LogP contribution < -0.4 is 5.32 Å². The summed E-state index contributed by atoms with van der Waals surface area (Å²) in [5.41, 5.74) is 8.37. The normalized spacial score (nSPS) is 17.3. The molecule has 280 valence electrons. The quantitative estimate of drug-likeness (QED) is 0.0879. The first-order valence-electron chi connectivity index (χ1n) is 18.2. The third kappa shape index (κ3) is 9.59. The number of aliphatic hydroxyl groups excluding tert-OH is 1. The van der Waals surface area contributed by atoms with Crippen LogP contribution in [0.3, 0.4) is 0 Å². The number of hydrogen-bond acceptors (Lipinski definition) is 9. The van der Waals surface area contributed by atoms with Crippen molar-refractivity contribution in [2.75, 3.05) is 5.75 Å². The molecule has 0 unspecified atom stereocenters. The van der Waals surface area contributed by atoms with Gasteiger partial charge in [-0.2, -0.15) is 0 Å². The van der Waals surface area contributed by atoms with E-state index in [0.717, 1.165) is 56.0 Å². The van der Waals surface area contributed by atoms with E-state index in [9.17, 15) is 14.7 Å². The third-order valence-corrected chi connectivity index (χ3v) is 10.3. The van der Waals surface area contributed by atoms with E-state index < -0.39 is 18.4 Å². The van der Waals surface area contributed by atoms with Gasteiger partial charge < -0.3 is 29.1 Å². The Morgan fingerprint density at radius 1 is 0.800 bits per heavy atom. The topological polar surface area (TPSA) is 120 Å². The second-order valence-corrected chi connectivity index (χ2v) is 14.3. The van der Waals surface area contributed by atoms with Gasteiger partial charge in [0.1, 0.15) is 5.69 Å². The molecule has 1 aromatic heterocycles. The zero-order chi connectivity index (χ0) is 38.1. The van der Waals surface area contributed by atoms with Gasteiger partial charge in [0.05, 0.1) is 18.8 Å². The van der Waals surface area contributed by atoms with Crippen LogP contribution in [0, 0.1) is 0 Å². The number of carbonyl (C=O) groups is 2. The highest BCUT2D eigenvalue weighted by atomic mass is 32.2. The van der Waals surface area contributed by atoms with Crippen LogP contribution in [0.25, 0.3) is 33.7 Å². The van der Waals surface area contributed by atoms with Crippen molar-refractivity contribution in [2.45, 2.75) is 63.2 Å². The molecule has 7 rings (SSSR count). The minimum absolute atomic E-state index is 0.0257. The van der Waals surface area contributed by atoms with Gasteiger partial charge >= 0.3 is 5.97 Å². The summed E-state index contributed by atoms with van der Waals surface area (Å²) in [4.78, 5) is 28.5. The van der Waals surface area contributed by atoms with Gasteiger partial charge in [0.15, 0.2) is 18.2 Å². The maximum atomic E-state index is 12.4. The monoisotopic (exact) mass is 754 g/mol. The molecule has 1 fully saturated rings. The number of esters is 1. The molecule has 1 aliphatic rings. The van der Waals surface area contributed by atoms with Crippen molar-refractivity contribution < 1.29 is 33.3 Å². The predicted octanol–water partition coefficient (Wildman–Crippen LogP) is 9.07. The van der Waals surface area contributed by atoms with Gasteiger partial charge in [0.2, 0.25) is 0 Å².